The number of halogens is 3. The van der Waals surface area contributed by atoms with Crippen molar-refractivity contribution in [2.75, 3.05) is 12.4 Å². The van der Waals surface area contributed by atoms with Gasteiger partial charge in [-0.05, 0) is 29.8 Å². The van der Waals surface area contributed by atoms with E-state index in [9.17, 15) is 22.8 Å². The summed E-state index contributed by atoms with van der Waals surface area (Å²) in [4.78, 5) is 23.8. The van der Waals surface area contributed by atoms with Crippen molar-refractivity contribution in [1.82, 2.24) is 5.32 Å². The average Bonchev–Trinajstić information content (AvgIpc) is 2.58. The zero-order valence-corrected chi connectivity index (χ0v) is 13.2. The first kappa shape index (κ1) is 18.3. The topological polar surface area (TPSA) is 67.4 Å². The molecule has 25 heavy (non-hydrogen) atoms. The summed E-state index contributed by atoms with van der Waals surface area (Å²) in [6, 6.07) is 5.91. The fourth-order valence-electron chi connectivity index (χ4n) is 2.10. The number of anilines is 1. The van der Waals surface area contributed by atoms with Gasteiger partial charge in [0.25, 0.3) is 0 Å². The highest BCUT2D eigenvalue weighted by Gasteiger charge is 2.22. The largest absolute Gasteiger partial charge is 0.467 e. The predicted molar refractivity (Wildman–Crippen MR) is 84.4 cm³/mol. The molecule has 8 heteroatoms. The van der Waals surface area contributed by atoms with Crippen LogP contribution in [-0.2, 0) is 16.0 Å². The Morgan fingerprint density at radius 1 is 1.04 bits per heavy atom. The van der Waals surface area contributed by atoms with Crippen molar-refractivity contribution >= 4 is 17.7 Å². The Labute approximate surface area is 141 Å². The first-order valence-electron chi connectivity index (χ1n) is 7.24. The molecule has 2 N–H and O–H groups in total. The maximum atomic E-state index is 13.5. The van der Waals surface area contributed by atoms with Gasteiger partial charge >= 0.3 is 12.0 Å². The molecular weight excluding hydrogens is 337 g/mol. The molecule has 1 atom stereocenters. The summed E-state index contributed by atoms with van der Waals surface area (Å²) in [6.45, 7) is 0. The molecule has 2 rings (SSSR count). The lowest BCUT2D eigenvalue weighted by Crippen LogP contribution is -2.45. The Hall–Kier alpha value is -3.03. The Morgan fingerprint density at radius 3 is 2.32 bits per heavy atom. The number of rotatable bonds is 5. The van der Waals surface area contributed by atoms with Crippen molar-refractivity contribution < 1.29 is 27.5 Å². The summed E-state index contributed by atoms with van der Waals surface area (Å²) in [5, 5.41) is 4.44. The summed E-state index contributed by atoms with van der Waals surface area (Å²) in [5.74, 6) is -2.73. The molecule has 2 aromatic carbocycles. The number of ether oxygens (including phenoxy) is 1. The molecule has 0 spiro atoms. The van der Waals surface area contributed by atoms with E-state index in [2.05, 4.69) is 15.4 Å². The van der Waals surface area contributed by atoms with Gasteiger partial charge in [-0.2, -0.15) is 0 Å². The lowest BCUT2D eigenvalue weighted by Gasteiger charge is -2.17. The molecule has 0 aliphatic heterocycles. The molecule has 1 unspecified atom stereocenters. The van der Waals surface area contributed by atoms with Crippen LogP contribution in [0.2, 0.25) is 0 Å². The number of amides is 2. The minimum Gasteiger partial charge on any atom is -0.467 e. The minimum absolute atomic E-state index is 0.0337. The molecule has 0 radical (unpaired) electrons. The molecule has 0 bridgehead atoms. The molecule has 0 aliphatic carbocycles. The molecule has 2 aromatic rings. The van der Waals surface area contributed by atoms with Crippen LogP contribution in [0.15, 0.2) is 42.5 Å². The van der Waals surface area contributed by atoms with Crippen LogP contribution in [0.1, 0.15) is 5.56 Å². The van der Waals surface area contributed by atoms with Crippen molar-refractivity contribution in [3.05, 3.63) is 65.5 Å². The number of carbonyl (C=O) groups is 2. The number of hydrogen-bond donors (Lipinski definition) is 2. The third-order valence-electron chi connectivity index (χ3n) is 3.32. The zero-order chi connectivity index (χ0) is 18.4. The van der Waals surface area contributed by atoms with Gasteiger partial charge in [0.2, 0.25) is 0 Å². The van der Waals surface area contributed by atoms with Gasteiger partial charge in [-0.25, -0.2) is 22.8 Å². The van der Waals surface area contributed by atoms with E-state index < -0.39 is 35.5 Å². The standard InChI is InChI=1S/C17H15F3N2O3/c1-25-16(23)15(8-10-2-4-11(18)5-3-10)22-17(24)21-14-9-12(19)6-7-13(14)20/h2-7,9,15H,8H2,1H3,(H2,21,22,24). The van der Waals surface area contributed by atoms with Crippen LogP contribution < -0.4 is 10.6 Å². The van der Waals surface area contributed by atoms with Gasteiger partial charge in [-0.3, -0.25) is 0 Å². The molecule has 5 nitrogen and oxygen atoms in total. The normalized spacial score (nSPS) is 11.5. The first-order chi connectivity index (χ1) is 11.9. The second-order valence-corrected chi connectivity index (χ2v) is 5.13. The fourth-order valence-corrected chi connectivity index (χ4v) is 2.10. The van der Waals surface area contributed by atoms with Crippen LogP contribution in [0.3, 0.4) is 0 Å². The third kappa shape index (κ3) is 5.23. The van der Waals surface area contributed by atoms with Crippen LogP contribution >= 0.6 is 0 Å². The smallest absolute Gasteiger partial charge is 0.328 e. The minimum atomic E-state index is -1.09. The van der Waals surface area contributed by atoms with Crippen molar-refractivity contribution in [3.63, 3.8) is 0 Å². The molecule has 0 aliphatic rings. The van der Waals surface area contributed by atoms with Crippen LogP contribution in [0.5, 0.6) is 0 Å². The second kappa shape index (κ2) is 8.18. The Balaban J connectivity index is 2.08. The van der Waals surface area contributed by atoms with E-state index in [0.29, 0.717) is 5.56 Å². The van der Waals surface area contributed by atoms with Gasteiger partial charge in [-0.1, -0.05) is 12.1 Å². The first-order valence-corrected chi connectivity index (χ1v) is 7.24. The lowest BCUT2D eigenvalue weighted by molar-refractivity contribution is -0.142. The van der Waals surface area contributed by atoms with Crippen molar-refractivity contribution in [2.24, 2.45) is 0 Å². The highest BCUT2D eigenvalue weighted by molar-refractivity contribution is 5.92. The van der Waals surface area contributed by atoms with Gasteiger partial charge in [0.1, 0.15) is 23.5 Å². The molecule has 0 saturated carbocycles. The van der Waals surface area contributed by atoms with E-state index in [1.54, 1.807) is 0 Å². The van der Waals surface area contributed by atoms with Crippen LogP contribution in [0, 0.1) is 17.5 Å². The third-order valence-corrected chi connectivity index (χ3v) is 3.32. The Bertz CT molecular complexity index is 766. The van der Waals surface area contributed by atoms with Gasteiger partial charge in [0, 0.05) is 12.5 Å². The zero-order valence-electron chi connectivity index (χ0n) is 13.2. The van der Waals surface area contributed by atoms with Crippen LogP contribution in [0.4, 0.5) is 23.7 Å². The molecule has 0 heterocycles. The highest BCUT2D eigenvalue weighted by Crippen LogP contribution is 2.15. The second-order valence-electron chi connectivity index (χ2n) is 5.13. The molecule has 0 fully saturated rings. The number of esters is 1. The van der Waals surface area contributed by atoms with Crippen molar-refractivity contribution in [1.29, 1.82) is 0 Å². The number of benzene rings is 2. The quantitative estimate of drug-likeness (QED) is 0.813. The number of urea groups is 1. The summed E-state index contributed by atoms with van der Waals surface area (Å²) < 4.78 is 44.2. The Morgan fingerprint density at radius 2 is 1.68 bits per heavy atom. The lowest BCUT2D eigenvalue weighted by atomic mass is 10.1. The van der Waals surface area contributed by atoms with Gasteiger partial charge in [0.05, 0.1) is 12.8 Å². The molecule has 0 saturated heterocycles. The summed E-state index contributed by atoms with van der Waals surface area (Å²) in [5.41, 5.74) is 0.205. The summed E-state index contributed by atoms with van der Waals surface area (Å²) >= 11 is 0. The highest BCUT2D eigenvalue weighted by atomic mass is 19.1. The molecule has 0 aromatic heterocycles. The number of carbonyl (C=O) groups excluding carboxylic acids is 2. The van der Waals surface area contributed by atoms with Gasteiger partial charge < -0.3 is 15.4 Å². The number of methoxy groups -OCH3 is 1. The number of nitrogens with one attached hydrogen (secondary N) is 2. The predicted octanol–water partition coefficient (Wildman–Crippen LogP) is 3.01. The van der Waals surface area contributed by atoms with E-state index >= 15 is 0 Å². The summed E-state index contributed by atoms with van der Waals surface area (Å²) in [7, 11) is 1.14. The van der Waals surface area contributed by atoms with E-state index in [4.69, 9.17) is 0 Å². The Kier molecular flexibility index (Phi) is 5.99. The van der Waals surface area contributed by atoms with E-state index in [-0.39, 0.29) is 12.1 Å². The van der Waals surface area contributed by atoms with Gasteiger partial charge in [0.15, 0.2) is 0 Å². The van der Waals surface area contributed by atoms with Crippen LogP contribution in [-0.4, -0.2) is 25.2 Å². The average molecular weight is 352 g/mol. The molecule has 2 amide bonds. The van der Waals surface area contributed by atoms with E-state index in [1.165, 1.54) is 24.3 Å². The fraction of sp³-hybridized carbons (Fsp3) is 0.176. The number of hydrogen-bond acceptors (Lipinski definition) is 3. The van der Waals surface area contributed by atoms with Crippen LogP contribution in [0.25, 0.3) is 0 Å². The van der Waals surface area contributed by atoms with E-state index in [1.807, 2.05) is 0 Å². The monoisotopic (exact) mass is 352 g/mol. The SMILES string of the molecule is COC(=O)C(Cc1ccc(F)cc1)NC(=O)Nc1cc(F)ccc1F. The van der Waals surface area contributed by atoms with Crippen molar-refractivity contribution in [2.45, 2.75) is 12.5 Å². The molecule has 132 valence electrons. The van der Waals surface area contributed by atoms with Gasteiger partial charge in [-0.15, -0.1) is 0 Å². The maximum absolute atomic E-state index is 13.5. The van der Waals surface area contributed by atoms with E-state index in [0.717, 1.165) is 25.3 Å². The van der Waals surface area contributed by atoms with Crippen molar-refractivity contribution in [3.8, 4) is 0 Å². The molecular formula is C17H15F3N2O3. The summed E-state index contributed by atoms with van der Waals surface area (Å²) in [6.07, 6.45) is 0.0337. The maximum Gasteiger partial charge on any atom is 0.328 e.